The highest BCUT2D eigenvalue weighted by atomic mass is 32.1. The minimum Gasteiger partial charge on any atom is -0.376 e. The van der Waals surface area contributed by atoms with E-state index < -0.39 is 0 Å². The van der Waals surface area contributed by atoms with E-state index in [0.29, 0.717) is 18.2 Å². The van der Waals surface area contributed by atoms with Crippen molar-refractivity contribution >= 4 is 23.4 Å². The molecule has 0 radical (unpaired) electrons. The molecule has 7 heteroatoms. The van der Waals surface area contributed by atoms with Gasteiger partial charge in [-0.1, -0.05) is 0 Å². The van der Waals surface area contributed by atoms with E-state index in [1.807, 2.05) is 6.92 Å². The Balaban J connectivity index is 2.04. The zero-order valence-corrected chi connectivity index (χ0v) is 10.2. The summed E-state index contributed by atoms with van der Waals surface area (Å²) in [6.07, 6.45) is 2.38. The molecule has 0 aromatic heterocycles. The molecule has 1 saturated heterocycles. The van der Waals surface area contributed by atoms with Crippen molar-refractivity contribution in [3.63, 3.8) is 0 Å². The summed E-state index contributed by atoms with van der Waals surface area (Å²) >= 11 is 4.97. The summed E-state index contributed by atoms with van der Waals surface area (Å²) in [5.74, 6) is 0. The van der Waals surface area contributed by atoms with Gasteiger partial charge in [0.05, 0.1) is 6.10 Å². The van der Waals surface area contributed by atoms with E-state index >= 15 is 0 Å². The average molecular weight is 246 g/mol. The normalized spacial score (nSPS) is 18.9. The molecule has 0 spiro atoms. The lowest BCUT2D eigenvalue weighted by Crippen LogP contribution is -2.51. The van der Waals surface area contributed by atoms with Crippen molar-refractivity contribution < 1.29 is 9.53 Å². The fourth-order valence-electron chi connectivity index (χ4n) is 1.37. The smallest absolute Gasteiger partial charge is 0.333 e. The fourth-order valence-corrected chi connectivity index (χ4v) is 1.51. The van der Waals surface area contributed by atoms with Crippen LogP contribution in [0.15, 0.2) is 0 Å². The van der Waals surface area contributed by atoms with Crippen LogP contribution in [0.5, 0.6) is 0 Å². The molecule has 1 heterocycles. The first-order valence-electron chi connectivity index (χ1n) is 5.41. The van der Waals surface area contributed by atoms with Gasteiger partial charge < -0.3 is 15.4 Å². The Bertz CT molecular complexity index is 244. The molecule has 0 saturated carbocycles. The topological polar surface area (TPSA) is 74.4 Å². The van der Waals surface area contributed by atoms with E-state index in [2.05, 4.69) is 21.5 Å². The minimum absolute atomic E-state index is 0.226. The van der Waals surface area contributed by atoms with Crippen LogP contribution in [0.4, 0.5) is 4.79 Å². The van der Waals surface area contributed by atoms with Crippen LogP contribution in [-0.4, -0.2) is 36.9 Å². The molecule has 6 nitrogen and oxygen atoms in total. The molecule has 1 rings (SSSR count). The van der Waals surface area contributed by atoms with Crippen molar-refractivity contribution in [1.82, 2.24) is 21.5 Å². The van der Waals surface area contributed by atoms with E-state index in [-0.39, 0.29) is 12.1 Å². The monoisotopic (exact) mass is 246 g/mol. The van der Waals surface area contributed by atoms with Gasteiger partial charge in [0.25, 0.3) is 0 Å². The molecular weight excluding hydrogens is 228 g/mol. The lowest BCUT2D eigenvalue weighted by molar-refractivity contribution is 0.114. The van der Waals surface area contributed by atoms with Crippen LogP contribution in [0.1, 0.15) is 19.8 Å². The first kappa shape index (κ1) is 13.0. The summed E-state index contributed by atoms with van der Waals surface area (Å²) in [7, 11) is 0. The molecular formula is C9H18N4O2S. The molecule has 0 aromatic carbocycles. The molecule has 16 heavy (non-hydrogen) atoms. The Morgan fingerprint density at radius 3 is 2.88 bits per heavy atom. The molecule has 1 atom stereocenters. The molecule has 0 bridgehead atoms. The van der Waals surface area contributed by atoms with Crippen LogP contribution in [0.3, 0.4) is 0 Å². The van der Waals surface area contributed by atoms with E-state index in [4.69, 9.17) is 17.0 Å². The SMILES string of the molecule is CCNC(=O)NNC(=S)NC[C@@H]1CCCO1. The maximum absolute atomic E-state index is 11.0. The highest BCUT2D eigenvalue weighted by Crippen LogP contribution is 2.10. The van der Waals surface area contributed by atoms with Crippen molar-refractivity contribution in [3.05, 3.63) is 0 Å². The molecule has 0 aromatic rings. The zero-order chi connectivity index (χ0) is 11.8. The van der Waals surface area contributed by atoms with E-state index in [9.17, 15) is 4.79 Å². The van der Waals surface area contributed by atoms with Gasteiger partial charge in [0.1, 0.15) is 0 Å². The number of amides is 2. The maximum Gasteiger partial charge on any atom is 0.333 e. The van der Waals surface area contributed by atoms with Crippen LogP contribution in [-0.2, 0) is 4.74 Å². The first-order valence-corrected chi connectivity index (χ1v) is 5.82. The van der Waals surface area contributed by atoms with E-state index in [1.165, 1.54) is 0 Å². The standard InChI is InChI=1S/C9H18N4O2S/c1-2-10-8(14)12-13-9(16)11-6-7-4-3-5-15-7/h7H,2-6H2,1H3,(H2,10,12,14)(H2,11,13,16)/t7-/m0/s1. The third kappa shape index (κ3) is 5.13. The van der Waals surface area contributed by atoms with Gasteiger partial charge in [-0.2, -0.15) is 0 Å². The molecule has 0 unspecified atom stereocenters. The molecule has 2 amide bonds. The van der Waals surface area contributed by atoms with Crippen LogP contribution in [0.2, 0.25) is 0 Å². The van der Waals surface area contributed by atoms with Crippen molar-refractivity contribution in [2.75, 3.05) is 19.7 Å². The number of thiocarbonyl (C=S) groups is 1. The predicted molar refractivity (Wildman–Crippen MR) is 64.9 cm³/mol. The third-order valence-electron chi connectivity index (χ3n) is 2.14. The first-order chi connectivity index (χ1) is 7.72. The second-order valence-corrected chi connectivity index (χ2v) is 3.86. The second-order valence-electron chi connectivity index (χ2n) is 3.45. The van der Waals surface area contributed by atoms with Crippen LogP contribution < -0.4 is 21.5 Å². The Hall–Kier alpha value is -1.08. The maximum atomic E-state index is 11.0. The largest absolute Gasteiger partial charge is 0.376 e. The summed E-state index contributed by atoms with van der Waals surface area (Å²) in [5.41, 5.74) is 5.01. The quantitative estimate of drug-likeness (QED) is 0.412. The number of nitrogens with one attached hydrogen (secondary N) is 4. The van der Waals surface area contributed by atoms with Gasteiger partial charge in [-0.05, 0) is 32.0 Å². The van der Waals surface area contributed by atoms with Gasteiger partial charge in [0, 0.05) is 19.7 Å². The fraction of sp³-hybridized carbons (Fsp3) is 0.778. The van der Waals surface area contributed by atoms with Crippen LogP contribution >= 0.6 is 12.2 Å². The second kappa shape index (κ2) is 7.24. The lowest BCUT2D eigenvalue weighted by atomic mass is 10.2. The van der Waals surface area contributed by atoms with Crippen molar-refractivity contribution in [3.8, 4) is 0 Å². The Morgan fingerprint density at radius 1 is 1.44 bits per heavy atom. The van der Waals surface area contributed by atoms with E-state index in [1.54, 1.807) is 0 Å². The summed E-state index contributed by atoms with van der Waals surface area (Å²) in [6.45, 7) is 3.91. The summed E-state index contributed by atoms with van der Waals surface area (Å²) in [6, 6.07) is -0.302. The Labute approximate surface area is 100 Å². The number of hydrogen-bond donors (Lipinski definition) is 4. The van der Waals surface area contributed by atoms with Crippen LogP contribution in [0.25, 0.3) is 0 Å². The molecule has 4 N–H and O–H groups in total. The van der Waals surface area contributed by atoms with Gasteiger partial charge in [-0.15, -0.1) is 0 Å². The van der Waals surface area contributed by atoms with Crippen molar-refractivity contribution in [1.29, 1.82) is 0 Å². The Kier molecular flexibility index (Phi) is 5.87. The molecule has 92 valence electrons. The number of ether oxygens (including phenoxy) is 1. The third-order valence-corrected chi connectivity index (χ3v) is 2.39. The van der Waals surface area contributed by atoms with Gasteiger partial charge in [0.15, 0.2) is 5.11 Å². The van der Waals surface area contributed by atoms with Crippen LogP contribution in [0, 0.1) is 0 Å². The molecule has 1 aliphatic rings. The molecule has 1 aliphatic heterocycles. The number of rotatable bonds is 3. The number of hydrogen-bond acceptors (Lipinski definition) is 3. The van der Waals surface area contributed by atoms with Gasteiger partial charge in [0.2, 0.25) is 0 Å². The van der Waals surface area contributed by atoms with Crippen molar-refractivity contribution in [2.45, 2.75) is 25.9 Å². The number of carbonyl (C=O) groups excluding carboxylic acids is 1. The number of hydrazine groups is 1. The highest BCUT2D eigenvalue weighted by molar-refractivity contribution is 7.80. The zero-order valence-electron chi connectivity index (χ0n) is 9.34. The number of urea groups is 1. The summed E-state index contributed by atoms with van der Waals surface area (Å²) < 4.78 is 5.42. The van der Waals surface area contributed by atoms with Gasteiger partial charge >= 0.3 is 6.03 Å². The minimum atomic E-state index is -0.302. The number of carbonyl (C=O) groups is 1. The average Bonchev–Trinajstić information content (AvgIpc) is 2.77. The predicted octanol–water partition coefficient (Wildman–Crippen LogP) is -0.136. The van der Waals surface area contributed by atoms with E-state index in [0.717, 1.165) is 19.4 Å². The summed E-state index contributed by atoms with van der Waals surface area (Å²) in [5, 5.41) is 5.94. The lowest BCUT2D eigenvalue weighted by Gasteiger charge is -2.14. The van der Waals surface area contributed by atoms with Gasteiger partial charge in [-0.25, -0.2) is 10.2 Å². The van der Waals surface area contributed by atoms with Gasteiger partial charge in [-0.3, -0.25) is 5.43 Å². The summed E-state index contributed by atoms with van der Waals surface area (Å²) in [4.78, 5) is 11.0. The molecule has 0 aliphatic carbocycles. The Morgan fingerprint density at radius 2 is 2.25 bits per heavy atom. The van der Waals surface area contributed by atoms with Crippen molar-refractivity contribution in [2.24, 2.45) is 0 Å². The molecule has 1 fully saturated rings. The highest BCUT2D eigenvalue weighted by Gasteiger charge is 2.15.